The lowest BCUT2D eigenvalue weighted by molar-refractivity contribution is 0.102. The Kier molecular flexibility index (Phi) is 2.83. The minimum absolute atomic E-state index is 0.185. The van der Waals surface area contributed by atoms with Gasteiger partial charge >= 0.3 is 0 Å². The number of fused-ring (bicyclic) bond motifs is 1. The second-order valence-corrected chi connectivity index (χ2v) is 5.01. The average Bonchev–Trinajstić information content (AvgIpc) is 2.84. The Labute approximate surface area is 114 Å². The molecule has 0 radical (unpaired) electrons. The van der Waals surface area contributed by atoms with Crippen LogP contribution in [0.2, 0.25) is 0 Å². The normalized spacial score (nSPS) is 14.4. The number of rotatable bonds is 2. The first-order chi connectivity index (χ1) is 9.46. The minimum Gasteiger partial charge on any atom is -0.381 e. The molecule has 0 aliphatic carbocycles. The van der Waals surface area contributed by atoms with Crippen LogP contribution >= 0.6 is 0 Å². The van der Waals surface area contributed by atoms with E-state index in [1.165, 1.54) is 6.92 Å². The van der Waals surface area contributed by atoms with E-state index in [0.717, 1.165) is 29.1 Å². The predicted molar refractivity (Wildman–Crippen MR) is 73.3 cm³/mol. The van der Waals surface area contributed by atoms with Crippen LogP contribution in [0.15, 0.2) is 48.7 Å². The van der Waals surface area contributed by atoms with Crippen LogP contribution in [-0.4, -0.2) is 10.1 Å². The van der Waals surface area contributed by atoms with E-state index in [1.807, 2.05) is 12.1 Å². The molecule has 0 bridgehead atoms. The van der Waals surface area contributed by atoms with Crippen molar-refractivity contribution in [2.75, 3.05) is 0 Å². The van der Waals surface area contributed by atoms with E-state index in [0.29, 0.717) is 5.56 Å². The summed E-state index contributed by atoms with van der Waals surface area (Å²) in [6.07, 6.45) is 1.80. The highest BCUT2D eigenvalue weighted by Gasteiger charge is 2.27. The average molecular weight is 273 g/mol. The molecule has 3 rings (SSSR count). The number of halogens is 2. The molecule has 0 saturated carbocycles. The van der Waals surface area contributed by atoms with Gasteiger partial charge in [-0.05, 0) is 53.8 Å². The van der Waals surface area contributed by atoms with Gasteiger partial charge in [-0.3, -0.25) is 0 Å². The van der Waals surface area contributed by atoms with E-state index in [9.17, 15) is 13.9 Å². The summed E-state index contributed by atoms with van der Waals surface area (Å²) >= 11 is 0. The summed E-state index contributed by atoms with van der Waals surface area (Å²) < 4.78 is 26.6. The second kappa shape index (κ2) is 4.42. The molecular weight excluding hydrogens is 260 g/mol. The molecule has 0 fully saturated rings. The number of hydrogen-bond donors (Lipinski definition) is 2. The van der Waals surface area contributed by atoms with Crippen LogP contribution in [-0.2, 0) is 5.60 Å². The zero-order valence-corrected chi connectivity index (χ0v) is 10.8. The Balaban J connectivity index is 2.13. The van der Waals surface area contributed by atoms with Crippen molar-refractivity contribution in [2.24, 2.45) is 0 Å². The molecule has 1 heterocycles. The van der Waals surface area contributed by atoms with Gasteiger partial charge in [0.25, 0.3) is 0 Å². The number of aromatic amines is 1. The predicted octanol–water partition coefficient (Wildman–Crippen LogP) is 3.70. The van der Waals surface area contributed by atoms with Gasteiger partial charge in [-0.25, -0.2) is 8.78 Å². The van der Waals surface area contributed by atoms with Gasteiger partial charge in [-0.2, -0.15) is 0 Å². The van der Waals surface area contributed by atoms with Gasteiger partial charge in [0, 0.05) is 17.8 Å². The highest BCUT2D eigenvalue weighted by Crippen LogP contribution is 2.31. The van der Waals surface area contributed by atoms with Crippen LogP contribution in [0.5, 0.6) is 0 Å². The zero-order valence-electron chi connectivity index (χ0n) is 10.8. The van der Waals surface area contributed by atoms with Crippen molar-refractivity contribution in [3.05, 3.63) is 71.4 Å². The minimum atomic E-state index is -1.46. The molecule has 3 aromatic rings. The Morgan fingerprint density at radius 1 is 0.950 bits per heavy atom. The van der Waals surface area contributed by atoms with E-state index < -0.39 is 17.2 Å². The Hall–Kier alpha value is -2.20. The van der Waals surface area contributed by atoms with Gasteiger partial charge in [0.15, 0.2) is 0 Å². The van der Waals surface area contributed by atoms with Crippen molar-refractivity contribution < 1.29 is 13.9 Å². The summed E-state index contributed by atoms with van der Waals surface area (Å²) in [5.41, 5.74) is 0.239. The van der Waals surface area contributed by atoms with Gasteiger partial charge < -0.3 is 10.1 Å². The largest absolute Gasteiger partial charge is 0.381 e. The lowest BCUT2D eigenvalue weighted by Crippen LogP contribution is -2.23. The molecule has 20 heavy (non-hydrogen) atoms. The first kappa shape index (κ1) is 12.8. The first-order valence-electron chi connectivity index (χ1n) is 6.23. The third-order valence-corrected chi connectivity index (χ3v) is 3.54. The topological polar surface area (TPSA) is 36.0 Å². The second-order valence-electron chi connectivity index (χ2n) is 5.01. The SMILES string of the molecule is CC(O)(c1cc(F)cc(F)c1)c1ccc2[nH]ccc2c1. The molecule has 0 amide bonds. The third kappa shape index (κ3) is 2.08. The lowest BCUT2D eigenvalue weighted by Gasteiger charge is -2.24. The van der Waals surface area contributed by atoms with Gasteiger partial charge in [0.05, 0.1) is 0 Å². The molecule has 102 valence electrons. The maximum absolute atomic E-state index is 13.3. The van der Waals surface area contributed by atoms with Crippen LogP contribution in [0.3, 0.4) is 0 Å². The Morgan fingerprint density at radius 2 is 1.65 bits per heavy atom. The molecule has 0 spiro atoms. The number of aromatic nitrogens is 1. The molecule has 2 aromatic carbocycles. The van der Waals surface area contributed by atoms with Crippen LogP contribution in [0.25, 0.3) is 10.9 Å². The molecular formula is C16H13F2NO. The molecule has 2 nitrogen and oxygen atoms in total. The van der Waals surface area contributed by atoms with E-state index in [2.05, 4.69) is 4.98 Å². The summed E-state index contributed by atoms with van der Waals surface area (Å²) in [7, 11) is 0. The number of aliphatic hydroxyl groups is 1. The van der Waals surface area contributed by atoms with E-state index in [1.54, 1.807) is 18.3 Å². The van der Waals surface area contributed by atoms with Crippen molar-refractivity contribution in [1.29, 1.82) is 0 Å². The van der Waals surface area contributed by atoms with Crippen molar-refractivity contribution in [1.82, 2.24) is 4.98 Å². The van der Waals surface area contributed by atoms with Gasteiger partial charge in [0.1, 0.15) is 17.2 Å². The molecule has 0 saturated heterocycles. The molecule has 1 unspecified atom stereocenters. The van der Waals surface area contributed by atoms with E-state index in [4.69, 9.17) is 0 Å². The highest BCUT2D eigenvalue weighted by molar-refractivity contribution is 5.80. The fourth-order valence-electron chi connectivity index (χ4n) is 2.36. The number of nitrogens with one attached hydrogen (secondary N) is 1. The smallest absolute Gasteiger partial charge is 0.126 e. The van der Waals surface area contributed by atoms with Crippen LogP contribution in [0, 0.1) is 11.6 Å². The van der Waals surface area contributed by atoms with Crippen molar-refractivity contribution >= 4 is 10.9 Å². The maximum atomic E-state index is 13.3. The summed E-state index contributed by atoms with van der Waals surface area (Å²) in [5, 5.41) is 11.6. The molecule has 0 aliphatic heterocycles. The Bertz CT molecular complexity index is 757. The van der Waals surface area contributed by atoms with Crippen LogP contribution < -0.4 is 0 Å². The van der Waals surface area contributed by atoms with Crippen LogP contribution in [0.1, 0.15) is 18.1 Å². The number of benzene rings is 2. The molecule has 0 aliphatic rings. The van der Waals surface area contributed by atoms with Gasteiger partial charge in [0.2, 0.25) is 0 Å². The van der Waals surface area contributed by atoms with Crippen molar-refractivity contribution in [3.8, 4) is 0 Å². The van der Waals surface area contributed by atoms with Crippen LogP contribution in [0.4, 0.5) is 8.78 Å². The van der Waals surface area contributed by atoms with Crippen molar-refractivity contribution in [3.63, 3.8) is 0 Å². The van der Waals surface area contributed by atoms with Gasteiger partial charge in [-0.1, -0.05) is 6.07 Å². The fraction of sp³-hybridized carbons (Fsp3) is 0.125. The molecule has 4 heteroatoms. The summed E-state index contributed by atoms with van der Waals surface area (Å²) in [5.74, 6) is -1.41. The highest BCUT2D eigenvalue weighted by atomic mass is 19.1. The van der Waals surface area contributed by atoms with E-state index >= 15 is 0 Å². The lowest BCUT2D eigenvalue weighted by atomic mass is 9.87. The molecule has 1 aromatic heterocycles. The molecule has 2 N–H and O–H groups in total. The standard InChI is InChI=1S/C16H13F2NO/c1-16(20,12-7-13(17)9-14(18)8-12)11-2-3-15-10(6-11)4-5-19-15/h2-9,19-20H,1H3. The molecule has 1 atom stereocenters. The van der Waals surface area contributed by atoms with Crippen molar-refractivity contribution in [2.45, 2.75) is 12.5 Å². The van der Waals surface area contributed by atoms with E-state index in [-0.39, 0.29) is 5.56 Å². The Morgan fingerprint density at radius 3 is 2.35 bits per heavy atom. The quantitative estimate of drug-likeness (QED) is 0.733. The summed E-state index contributed by atoms with van der Waals surface area (Å²) in [4.78, 5) is 3.05. The monoisotopic (exact) mass is 273 g/mol. The first-order valence-corrected chi connectivity index (χ1v) is 6.23. The summed E-state index contributed by atoms with van der Waals surface area (Å²) in [6.45, 7) is 1.52. The van der Waals surface area contributed by atoms with Gasteiger partial charge in [-0.15, -0.1) is 0 Å². The number of H-pyrrole nitrogens is 1. The summed E-state index contributed by atoms with van der Waals surface area (Å²) in [6, 6.07) is 10.3. The zero-order chi connectivity index (χ0) is 14.3. The maximum Gasteiger partial charge on any atom is 0.126 e. The number of hydrogen-bond acceptors (Lipinski definition) is 1. The third-order valence-electron chi connectivity index (χ3n) is 3.54. The fourth-order valence-corrected chi connectivity index (χ4v) is 2.36.